The van der Waals surface area contributed by atoms with Crippen molar-refractivity contribution in [1.29, 1.82) is 0 Å². The summed E-state index contributed by atoms with van der Waals surface area (Å²) < 4.78 is 9.87. The van der Waals surface area contributed by atoms with Crippen molar-refractivity contribution >= 4 is 12.1 Å². The summed E-state index contributed by atoms with van der Waals surface area (Å²) in [4.78, 5) is 34.1. The number of hydrogen-bond donors (Lipinski definition) is 1. The van der Waals surface area contributed by atoms with Gasteiger partial charge in [0.1, 0.15) is 6.61 Å². The Bertz CT molecular complexity index is 626. The summed E-state index contributed by atoms with van der Waals surface area (Å²) in [5.41, 5.74) is 0.192. The quantitative estimate of drug-likeness (QED) is 0.453. The number of ether oxygens (including phenoxy) is 2. The van der Waals surface area contributed by atoms with Crippen LogP contribution in [-0.2, 0) is 20.9 Å². The highest BCUT2D eigenvalue weighted by molar-refractivity contribution is 5.70. The maximum atomic E-state index is 11.9. The van der Waals surface area contributed by atoms with Crippen LogP contribution in [0.5, 0.6) is 0 Å². The summed E-state index contributed by atoms with van der Waals surface area (Å²) >= 11 is 0. The van der Waals surface area contributed by atoms with Crippen molar-refractivity contribution in [2.45, 2.75) is 44.8 Å². The molecule has 1 aromatic rings. The van der Waals surface area contributed by atoms with E-state index >= 15 is 0 Å². The molecule has 0 bridgehead atoms. The zero-order valence-corrected chi connectivity index (χ0v) is 14.8. The zero-order valence-electron chi connectivity index (χ0n) is 14.8. The third-order valence-electron chi connectivity index (χ3n) is 4.79. The molecular formula is C18H24N2O6. The zero-order chi connectivity index (χ0) is 19.0. The van der Waals surface area contributed by atoms with Crippen LogP contribution < -0.4 is 5.32 Å². The SMILES string of the molecule is COC(=O)CC1(C[N+](=O)[O-])CCC(NC(=O)OCc2ccccc2)CC1. The van der Waals surface area contributed by atoms with E-state index in [1.54, 1.807) is 0 Å². The molecule has 0 heterocycles. The highest BCUT2D eigenvalue weighted by Gasteiger charge is 2.42. The van der Waals surface area contributed by atoms with Crippen molar-refractivity contribution < 1.29 is 24.0 Å². The van der Waals surface area contributed by atoms with Crippen LogP contribution in [0.4, 0.5) is 4.79 Å². The van der Waals surface area contributed by atoms with Crippen LogP contribution in [-0.4, -0.2) is 36.7 Å². The third kappa shape index (κ3) is 6.02. The summed E-state index contributed by atoms with van der Waals surface area (Å²) in [5, 5.41) is 13.8. The van der Waals surface area contributed by atoms with Gasteiger partial charge in [-0.3, -0.25) is 14.9 Å². The Kier molecular flexibility index (Phi) is 6.94. The fourth-order valence-electron chi connectivity index (χ4n) is 3.35. The molecule has 1 N–H and O–H groups in total. The number of hydrogen-bond acceptors (Lipinski definition) is 6. The van der Waals surface area contributed by atoms with Crippen LogP contribution in [0.25, 0.3) is 0 Å². The van der Waals surface area contributed by atoms with Gasteiger partial charge >= 0.3 is 12.1 Å². The maximum Gasteiger partial charge on any atom is 0.407 e. The topological polar surface area (TPSA) is 108 Å². The predicted octanol–water partition coefficient (Wildman–Crippen LogP) is 2.68. The van der Waals surface area contributed by atoms with Crippen molar-refractivity contribution in [2.75, 3.05) is 13.7 Å². The second-order valence-electron chi connectivity index (χ2n) is 6.72. The standard InChI is InChI=1S/C18H24N2O6/c1-25-16(21)11-18(13-20(23)24)9-7-15(8-10-18)19-17(22)26-12-14-5-3-2-4-6-14/h2-6,15H,7-13H2,1H3,(H,19,22). The first-order chi connectivity index (χ1) is 12.4. The fourth-order valence-corrected chi connectivity index (χ4v) is 3.35. The molecule has 0 saturated heterocycles. The minimum Gasteiger partial charge on any atom is -0.469 e. The number of rotatable bonds is 7. The molecule has 2 rings (SSSR count). The Morgan fingerprint density at radius 1 is 1.27 bits per heavy atom. The minimum absolute atomic E-state index is 0.0235. The molecule has 142 valence electrons. The van der Waals surface area contributed by atoms with Gasteiger partial charge in [0.15, 0.2) is 0 Å². The normalized spacial score (nSPS) is 22.3. The van der Waals surface area contributed by atoms with E-state index in [2.05, 4.69) is 10.1 Å². The van der Waals surface area contributed by atoms with Gasteiger partial charge in [-0.25, -0.2) is 4.79 Å². The summed E-state index contributed by atoms with van der Waals surface area (Å²) in [7, 11) is 1.28. The number of nitro groups is 1. The molecule has 1 aliphatic carbocycles. The van der Waals surface area contributed by atoms with Crippen molar-refractivity contribution in [3.05, 3.63) is 46.0 Å². The molecule has 1 fully saturated rings. The van der Waals surface area contributed by atoms with E-state index in [9.17, 15) is 19.7 Å². The molecule has 1 amide bonds. The van der Waals surface area contributed by atoms with Crippen molar-refractivity contribution in [3.63, 3.8) is 0 Å². The molecule has 0 unspecified atom stereocenters. The molecule has 8 heteroatoms. The maximum absolute atomic E-state index is 11.9. The van der Waals surface area contributed by atoms with Gasteiger partial charge < -0.3 is 14.8 Å². The highest BCUT2D eigenvalue weighted by atomic mass is 16.6. The van der Waals surface area contributed by atoms with E-state index in [0.717, 1.165) is 5.56 Å². The van der Waals surface area contributed by atoms with Crippen LogP contribution in [0.1, 0.15) is 37.7 Å². The Morgan fingerprint density at radius 2 is 1.92 bits per heavy atom. The van der Waals surface area contributed by atoms with Crippen LogP contribution in [0, 0.1) is 15.5 Å². The molecule has 0 aromatic heterocycles. The lowest BCUT2D eigenvalue weighted by Crippen LogP contribution is -2.44. The summed E-state index contributed by atoms with van der Waals surface area (Å²) in [6.07, 6.45) is 1.60. The van der Waals surface area contributed by atoms with Gasteiger partial charge in [0.2, 0.25) is 6.54 Å². The van der Waals surface area contributed by atoms with E-state index in [0.29, 0.717) is 25.7 Å². The smallest absolute Gasteiger partial charge is 0.407 e. The van der Waals surface area contributed by atoms with Gasteiger partial charge in [-0.2, -0.15) is 0 Å². The first-order valence-electron chi connectivity index (χ1n) is 8.58. The van der Waals surface area contributed by atoms with Gasteiger partial charge in [-0.1, -0.05) is 30.3 Å². The highest BCUT2D eigenvalue weighted by Crippen LogP contribution is 2.40. The Hall–Kier alpha value is -2.64. The third-order valence-corrected chi connectivity index (χ3v) is 4.79. The number of carbonyl (C=O) groups excluding carboxylic acids is 2. The minimum atomic E-state index is -0.706. The molecule has 1 aliphatic rings. The molecule has 1 saturated carbocycles. The molecule has 0 aliphatic heterocycles. The number of methoxy groups -OCH3 is 1. The number of carbonyl (C=O) groups is 2. The van der Waals surface area contributed by atoms with Gasteiger partial charge in [0, 0.05) is 16.4 Å². The summed E-state index contributed by atoms with van der Waals surface area (Å²) in [5.74, 6) is -0.444. The largest absolute Gasteiger partial charge is 0.469 e. The molecule has 0 radical (unpaired) electrons. The monoisotopic (exact) mass is 364 g/mol. The Balaban J connectivity index is 1.82. The van der Waals surface area contributed by atoms with Crippen LogP contribution in [0.2, 0.25) is 0 Å². The summed E-state index contributed by atoms with van der Waals surface area (Å²) in [6.45, 7) is -0.0831. The fraction of sp³-hybridized carbons (Fsp3) is 0.556. The summed E-state index contributed by atoms with van der Waals surface area (Å²) in [6, 6.07) is 9.24. The Morgan fingerprint density at radius 3 is 2.50 bits per heavy atom. The van der Waals surface area contributed by atoms with E-state index < -0.39 is 17.5 Å². The predicted molar refractivity (Wildman–Crippen MR) is 92.9 cm³/mol. The van der Waals surface area contributed by atoms with E-state index in [1.807, 2.05) is 30.3 Å². The molecule has 26 heavy (non-hydrogen) atoms. The van der Waals surface area contributed by atoms with Gasteiger partial charge in [0.05, 0.1) is 13.5 Å². The molecular weight excluding hydrogens is 340 g/mol. The lowest BCUT2D eigenvalue weighted by Gasteiger charge is -2.36. The Labute approximate surface area is 152 Å². The van der Waals surface area contributed by atoms with Crippen LogP contribution in [0.15, 0.2) is 30.3 Å². The van der Waals surface area contributed by atoms with Crippen molar-refractivity contribution in [3.8, 4) is 0 Å². The number of esters is 1. The average molecular weight is 364 g/mol. The number of nitrogens with one attached hydrogen (secondary N) is 1. The van der Waals surface area contributed by atoms with E-state index in [1.165, 1.54) is 7.11 Å². The van der Waals surface area contributed by atoms with E-state index in [4.69, 9.17) is 4.74 Å². The van der Waals surface area contributed by atoms with Crippen molar-refractivity contribution in [2.24, 2.45) is 5.41 Å². The van der Waals surface area contributed by atoms with Gasteiger partial charge in [0.25, 0.3) is 0 Å². The lowest BCUT2D eigenvalue weighted by atomic mass is 9.70. The molecule has 8 nitrogen and oxygen atoms in total. The van der Waals surface area contributed by atoms with Crippen molar-refractivity contribution in [1.82, 2.24) is 5.32 Å². The van der Waals surface area contributed by atoms with Crippen LogP contribution >= 0.6 is 0 Å². The number of benzene rings is 1. The second kappa shape index (κ2) is 9.17. The number of amides is 1. The molecule has 0 spiro atoms. The van der Waals surface area contributed by atoms with Gasteiger partial charge in [-0.05, 0) is 31.2 Å². The molecule has 1 aromatic carbocycles. The molecule has 0 atom stereocenters. The van der Waals surface area contributed by atoms with E-state index in [-0.39, 0.29) is 30.5 Å². The first-order valence-corrected chi connectivity index (χ1v) is 8.58. The first kappa shape index (κ1) is 19.7. The number of alkyl carbamates (subject to hydrolysis) is 1. The van der Waals surface area contributed by atoms with Crippen LogP contribution in [0.3, 0.4) is 0 Å². The van der Waals surface area contributed by atoms with Gasteiger partial charge in [-0.15, -0.1) is 0 Å². The second-order valence-corrected chi connectivity index (χ2v) is 6.72. The lowest BCUT2D eigenvalue weighted by molar-refractivity contribution is -0.499. The average Bonchev–Trinajstić information content (AvgIpc) is 2.62. The number of nitrogens with zero attached hydrogens (tertiary/aromatic N) is 1.